The molecule has 0 bridgehead atoms. The Labute approximate surface area is 130 Å². The molecular weight excluding hydrogens is 302 g/mol. The zero-order valence-corrected chi connectivity index (χ0v) is 12.9. The van der Waals surface area contributed by atoms with Gasteiger partial charge >= 0.3 is 0 Å². The van der Waals surface area contributed by atoms with E-state index >= 15 is 0 Å². The van der Waals surface area contributed by atoms with Gasteiger partial charge in [0.2, 0.25) is 0 Å². The predicted molar refractivity (Wildman–Crippen MR) is 88.4 cm³/mol. The van der Waals surface area contributed by atoms with Crippen LogP contribution >= 0.6 is 22.7 Å². The van der Waals surface area contributed by atoms with Crippen molar-refractivity contribution in [2.75, 3.05) is 7.11 Å². The van der Waals surface area contributed by atoms with Crippen LogP contribution in [0.1, 0.15) is 4.88 Å². The second kappa shape index (κ2) is 5.67. The molecule has 0 unspecified atom stereocenters. The van der Waals surface area contributed by atoms with Crippen LogP contribution in [-0.2, 0) is 0 Å². The molecule has 0 atom stereocenters. The van der Waals surface area contributed by atoms with E-state index < -0.39 is 0 Å². The Morgan fingerprint density at radius 1 is 1.19 bits per heavy atom. The highest BCUT2D eigenvalue weighted by Gasteiger charge is 2.18. The van der Waals surface area contributed by atoms with E-state index in [4.69, 9.17) is 15.9 Å². The van der Waals surface area contributed by atoms with Crippen LogP contribution in [0.2, 0.25) is 0 Å². The Kier molecular flexibility index (Phi) is 3.72. The number of ether oxygens (including phenoxy) is 1. The molecular formula is C15H13N3OS2. The number of hydrogen-bond donors (Lipinski definition) is 2. The largest absolute Gasteiger partial charge is 0.494 e. The number of nitrogen functional groups attached to an aromatic ring is 1. The summed E-state index contributed by atoms with van der Waals surface area (Å²) in [5, 5.41) is 12.4. The molecule has 0 fully saturated rings. The third-order valence-electron chi connectivity index (χ3n) is 3.00. The summed E-state index contributed by atoms with van der Waals surface area (Å²) < 4.78 is 5.40. The summed E-state index contributed by atoms with van der Waals surface area (Å²) in [6.45, 7) is 0. The SMILES string of the molecule is COc1c(-c2nc(-c3ccccc3)cs2)csc1C(=N)N. The molecule has 6 heteroatoms. The first-order valence-electron chi connectivity index (χ1n) is 6.22. The average molecular weight is 315 g/mol. The lowest BCUT2D eigenvalue weighted by atomic mass is 10.2. The topological polar surface area (TPSA) is 72.0 Å². The van der Waals surface area contributed by atoms with Crippen molar-refractivity contribution in [3.63, 3.8) is 0 Å². The Hall–Kier alpha value is -2.18. The van der Waals surface area contributed by atoms with Gasteiger partial charge in [0, 0.05) is 16.3 Å². The minimum absolute atomic E-state index is 0.0166. The first kappa shape index (κ1) is 13.8. The maximum absolute atomic E-state index is 7.59. The number of thiazole rings is 1. The van der Waals surface area contributed by atoms with Crippen molar-refractivity contribution in [2.45, 2.75) is 0 Å². The number of thiophene rings is 1. The molecule has 0 amide bonds. The number of rotatable bonds is 4. The van der Waals surface area contributed by atoms with Crippen molar-refractivity contribution in [1.29, 1.82) is 5.41 Å². The number of amidine groups is 1. The third kappa shape index (κ3) is 2.55. The quantitative estimate of drug-likeness (QED) is 0.567. The normalized spacial score (nSPS) is 10.5. The van der Waals surface area contributed by atoms with Gasteiger partial charge in [-0.3, -0.25) is 5.41 Å². The summed E-state index contributed by atoms with van der Waals surface area (Å²) in [7, 11) is 1.59. The lowest BCUT2D eigenvalue weighted by Gasteiger charge is -2.03. The molecule has 1 aromatic carbocycles. The smallest absolute Gasteiger partial charge is 0.150 e. The molecule has 2 heterocycles. The molecule has 0 aliphatic carbocycles. The van der Waals surface area contributed by atoms with E-state index in [0.29, 0.717) is 10.6 Å². The van der Waals surface area contributed by atoms with Crippen LogP contribution in [0.5, 0.6) is 5.75 Å². The predicted octanol–water partition coefficient (Wildman–Crippen LogP) is 3.83. The molecule has 0 radical (unpaired) electrons. The lowest BCUT2D eigenvalue weighted by molar-refractivity contribution is 0.417. The highest BCUT2D eigenvalue weighted by molar-refractivity contribution is 7.15. The Morgan fingerprint density at radius 2 is 1.95 bits per heavy atom. The van der Waals surface area contributed by atoms with Gasteiger partial charge in [-0.05, 0) is 0 Å². The molecule has 0 spiro atoms. The Morgan fingerprint density at radius 3 is 2.62 bits per heavy atom. The van der Waals surface area contributed by atoms with Gasteiger partial charge in [-0.2, -0.15) is 0 Å². The first-order chi connectivity index (χ1) is 10.2. The van der Waals surface area contributed by atoms with Gasteiger partial charge in [0.15, 0.2) is 5.75 Å². The van der Waals surface area contributed by atoms with Gasteiger partial charge in [0.05, 0.1) is 18.4 Å². The number of nitrogens with one attached hydrogen (secondary N) is 1. The third-order valence-corrected chi connectivity index (χ3v) is 4.87. The van der Waals surface area contributed by atoms with Gasteiger partial charge < -0.3 is 10.5 Å². The molecule has 3 N–H and O–H groups in total. The molecule has 3 rings (SSSR count). The molecule has 21 heavy (non-hydrogen) atoms. The van der Waals surface area contributed by atoms with Crippen molar-refractivity contribution in [2.24, 2.45) is 5.73 Å². The van der Waals surface area contributed by atoms with Gasteiger partial charge in [-0.15, -0.1) is 22.7 Å². The van der Waals surface area contributed by atoms with E-state index in [0.717, 1.165) is 21.8 Å². The van der Waals surface area contributed by atoms with Gasteiger partial charge in [0.1, 0.15) is 15.7 Å². The molecule has 0 aliphatic heterocycles. The molecule has 0 saturated carbocycles. The fourth-order valence-electron chi connectivity index (χ4n) is 2.02. The number of nitrogens with zero attached hydrogens (tertiary/aromatic N) is 1. The van der Waals surface area contributed by atoms with Crippen molar-refractivity contribution in [1.82, 2.24) is 4.98 Å². The summed E-state index contributed by atoms with van der Waals surface area (Å²) in [6.07, 6.45) is 0. The van der Waals surface area contributed by atoms with E-state index in [2.05, 4.69) is 4.98 Å². The van der Waals surface area contributed by atoms with Crippen LogP contribution in [-0.4, -0.2) is 17.9 Å². The van der Waals surface area contributed by atoms with E-state index in [1.165, 1.54) is 11.3 Å². The van der Waals surface area contributed by atoms with Crippen LogP contribution in [0.25, 0.3) is 21.8 Å². The van der Waals surface area contributed by atoms with Crippen molar-refractivity contribution >= 4 is 28.5 Å². The monoisotopic (exact) mass is 315 g/mol. The van der Waals surface area contributed by atoms with Crippen LogP contribution in [0.4, 0.5) is 0 Å². The molecule has 0 aliphatic rings. The van der Waals surface area contributed by atoms with E-state index in [-0.39, 0.29) is 5.84 Å². The van der Waals surface area contributed by atoms with Crippen LogP contribution in [0, 0.1) is 5.41 Å². The zero-order chi connectivity index (χ0) is 14.8. The second-order valence-electron chi connectivity index (χ2n) is 4.33. The maximum Gasteiger partial charge on any atom is 0.150 e. The number of hydrogen-bond acceptors (Lipinski definition) is 5. The summed E-state index contributed by atoms with van der Waals surface area (Å²) in [6, 6.07) is 10.0. The van der Waals surface area contributed by atoms with Gasteiger partial charge in [-0.25, -0.2) is 4.98 Å². The molecule has 106 valence electrons. The Balaban J connectivity index is 2.03. The summed E-state index contributed by atoms with van der Waals surface area (Å²) >= 11 is 2.96. The number of benzene rings is 1. The van der Waals surface area contributed by atoms with E-state index in [1.807, 2.05) is 41.1 Å². The van der Waals surface area contributed by atoms with Crippen LogP contribution in [0.3, 0.4) is 0 Å². The summed E-state index contributed by atoms with van der Waals surface area (Å²) in [5.74, 6) is 0.643. The average Bonchev–Trinajstić information content (AvgIpc) is 3.14. The van der Waals surface area contributed by atoms with E-state index in [9.17, 15) is 0 Å². The zero-order valence-electron chi connectivity index (χ0n) is 11.3. The van der Waals surface area contributed by atoms with Crippen LogP contribution < -0.4 is 10.5 Å². The highest BCUT2D eigenvalue weighted by atomic mass is 32.1. The van der Waals surface area contributed by atoms with Crippen molar-refractivity contribution < 1.29 is 4.74 Å². The molecule has 3 aromatic rings. The fraction of sp³-hybridized carbons (Fsp3) is 0.0667. The van der Waals surface area contributed by atoms with Crippen molar-refractivity contribution in [3.8, 4) is 27.6 Å². The number of methoxy groups -OCH3 is 1. The standard InChI is InChI=1S/C15H13N3OS2/c1-19-12-10(7-20-13(12)14(16)17)15-18-11(8-21-15)9-5-3-2-4-6-9/h2-8H,1H3,(H3,16,17). The van der Waals surface area contributed by atoms with Gasteiger partial charge in [-0.1, -0.05) is 30.3 Å². The number of nitrogens with two attached hydrogens (primary N) is 1. The van der Waals surface area contributed by atoms with Crippen LogP contribution in [0.15, 0.2) is 41.1 Å². The first-order valence-corrected chi connectivity index (χ1v) is 7.98. The van der Waals surface area contributed by atoms with Gasteiger partial charge in [0.25, 0.3) is 0 Å². The molecule has 4 nitrogen and oxygen atoms in total. The van der Waals surface area contributed by atoms with Crippen molar-refractivity contribution in [3.05, 3.63) is 46.0 Å². The Bertz CT molecular complexity index is 777. The van der Waals surface area contributed by atoms with E-state index in [1.54, 1.807) is 18.4 Å². The lowest BCUT2D eigenvalue weighted by Crippen LogP contribution is -2.10. The number of aromatic nitrogens is 1. The minimum atomic E-state index is 0.0166. The maximum atomic E-state index is 7.59. The summed E-state index contributed by atoms with van der Waals surface area (Å²) in [4.78, 5) is 5.31. The minimum Gasteiger partial charge on any atom is -0.494 e. The highest BCUT2D eigenvalue weighted by Crippen LogP contribution is 2.40. The summed E-state index contributed by atoms with van der Waals surface area (Å²) in [5.41, 5.74) is 8.49. The second-order valence-corrected chi connectivity index (χ2v) is 6.07. The fourth-order valence-corrected chi connectivity index (χ4v) is 3.82. The molecule has 0 saturated heterocycles. The molecule has 2 aromatic heterocycles.